The zero-order valence-electron chi connectivity index (χ0n) is 11.9. The molecule has 4 N–H and O–H groups in total. The van der Waals surface area contributed by atoms with Crippen LogP contribution in [0.1, 0.15) is 20.3 Å². The van der Waals surface area contributed by atoms with E-state index in [0.29, 0.717) is 0 Å². The fourth-order valence-corrected chi connectivity index (χ4v) is 2.97. The molecule has 9 heteroatoms. The van der Waals surface area contributed by atoms with E-state index in [9.17, 15) is 13.2 Å². The molecule has 1 aromatic carbocycles. The van der Waals surface area contributed by atoms with E-state index in [-0.39, 0.29) is 18.0 Å². The topological polar surface area (TPSA) is 111 Å². The third-order valence-electron chi connectivity index (χ3n) is 2.24. The number of rotatable bonds is 7. The van der Waals surface area contributed by atoms with Crippen LogP contribution in [0.3, 0.4) is 0 Å². The molecule has 0 unspecified atom stereocenters. The van der Waals surface area contributed by atoms with Gasteiger partial charge in [-0.15, -0.1) is 11.8 Å². The molecule has 7 nitrogen and oxygen atoms in total. The summed E-state index contributed by atoms with van der Waals surface area (Å²) in [5, 5.41) is 0. The van der Waals surface area contributed by atoms with Crippen LogP contribution < -0.4 is 15.2 Å². The zero-order chi connectivity index (χ0) is 15.9. The molecular weight excluding hydrogens is 314 g/mol. The zero-order valence-corrected chi connectivity index (χ0v) is 13.5. The van der Waals surface area contributed by atoms with E-state index in [1.54, 1.807) is 35.5 Å². The van der Waals surface area contributed by atoms with Crippen molar-refractivity contribution in [3.8, 4) is 0 Å². The lowest BCUT2D eigenvalue weighted by atomic mass is 10.3. The Hall–Kier alpha value is -1.61. The van der Waals surface area contributed by atoms with Gasteiger partial charge in [0.2, 0.25) is 0 Å². The number of nitrogen functional groups attached to an aromatic ring is 1. The van der Waals surface area contributed by atoms with Crippen LogP contribution in [0.2, 0.25) is 0 Å². The number of carbonyl (C=O) groups excluding carboxylic acids is 1. The summed E-state index contributed by atoms with van der Waals surface area (Å²) in [5.74, 6) is 0.914. The van der Waals surface area contributed by atoms with Crippen molar-refractivity contribution in [2.45, 2.75) is 25.2 Å². The van der Waals surface area contributed by atoms with E-state index in [2.05, 4.69) is 16.4 Å². The summed E-state index contributed by atoms with van der Waals surface area (Å²) in [6.07, 6.45) is -0.0411. The van der Waals surface area contributed by atoms with Crippen molar-refractivity contribution in [3.05, 3.63) is 18.2 Å². The maximum Gasteiger partial charge on any atom is 0.422 e. The highest BCUT2D eigenvalue weighted by Crippen LogP contribution is 2.27. The van der Waals surface area contributed by atoms with Crippen molar-refractivity contribution in [2.24, 2.45) is 0 Å². The summed E-state index contributed by atoms with van der Waals surface area (Å²) in [7, 11) is -4.08. The smallest absolute Gasteiger partial charge is 0.422 e. The predicted octanol–water partition coefficient (Wildman–Crippen LogP) is 2.17. The standard InChI is InChI=1S/C12H19N3O4S2/c1-3-7-20-9-5-6-10(13)11(8-9)14-21(17,18)15-12(16)19-4-2/h5-6,8,14H,3-4,7,13H2,1-2H3,(H,15,16). The van der Waals surface area contributed by atoms with Gasteiger partial charge in [0.15, 0.2) is 0 Å². The van der Waals surface area contributed by atoms with Crippen molar-refractivity contribution in [2.75, 3.05) is 22.8 Å². The highest BCUT2D eigenvalue weighted by molar-refractivity contribution is 7.99. The molecule has 0 aliphatic carbocycles. The Balaban J connectivity index is 2.83. The Kier molecular flexibility index (Phi) is 6.63. The maximum absolute atomic E-state index is 11.8. The quantitative estimate of drug-likeness (QED) is 0.521. The van der Waals surface area contributed by atoms with Crippen LogP contribution in [0.5, 0.6) is 0 Å². The normalized spacial score (nSPS) is 11.0. The number of ether oxygens (including phenoxy) is 1. The Morgan fingerprint density at radius 3 is 2.71 bits per heavy atom. The Morgan fingerprint density at radius 2 is 2.10 bits per heavy atom. The van der Waals surface area contributed by atoms with Crippen molar-refractivity contribution >= 4 is 39.4 Å². The largest absolute Gasteiger partial charge is 0.449 e. The molecule has 1 amide bonds. The van der Waals surface area contributed by atoms with E-state index < -0.39 is 16.3 Å². The fourth-order valence-electron chi connectivity index (χ4n) is 1.37. The molecule has 0 saturated carbocycles. The van der Waals surface area contributed by atoms with Gasteiger partial charge in [-0.1, -0.05) is 6.92 Å². The van der Waals surface area contributed by atoms with Gasteiger partial charge in [0.25, 0.3) is 0 Å². The van der Waals surface area contributed by atoms with Crippen LogP contribution >= 0.6 is 11.8 Å². The SMILES string of the molecule is CCCSc1ccc(N)c(NS(=O)(=O)NC(=O)OCC)c1. The molecule has 21 heavy (non-hydrogen) atoms. The first-order chi connectivity index (χ1) is 9.88. The number of carbonyl (C=O) groups is 1. The molecule has 1 rings (SSSR count). The van der Waals surface area contributed by atoms with E-state index in [4.69, 9.17) is 5.73 Å². The van der Waals surface area contributed by atoms with Crippen LogP contribution in [0.25, 0.3) is 0 Å². The van der Waals surface area contributed by atoms with Crippen LogP contribution in [0.4, 0.5) is 16.2 Å². The Bertz CT molecular complexity index is 590. The van der Waals surface area contributed by atoms with E-state index in [1.165, 1.54) is 0 Å². The molecule has 0 radical (unpaired) electrons. The maximum atomic E-state index is 11.8. The molecule has 0 atom stereocenters. The first-order valence-corrected chi connectivity index (χ1v) is 8.84. The number of hydrogen-bond donors (Lipinski definition) is 3. The third-order valence-corrected chi connectivity index (χ3v) is 4.36. The number of nitrogens with two attached hydrogens (primary N) is 1. The lowest BCUT2D eigenvalue weighted by Crippen LogP contribution is -2.35. The summed E-state index contributed by atoms with van der Waals surface area (Å²) in [6.45, 7) is 3.70. The average Bonchev–Trinajstić information content (AvgIpc) is 2.39. The minimum Gasteiger partial charge on any atom is -0.449 e. The van der Waals surface area contributed by atoms with E-state index in [1.807, 2.05) is 6.07 Å². The molecule has 118 valence electrons. The second-order valence-corrected chi connectivity index (χ2v) is 6.61. The molecule has 0 spiro atoms. The first-order valence-electron chi connectivity index (χ1n) is 6.37. The minimum atomic E-state index is -4.08. The van der Waals surface area contributed by atoms with Gasteiger partial charge in [0.1, 0.15) is 0 Å². The van der Waals surface area contributed by atoms with Gasteiger partial charge in [-0.25, -0.2) is 9.52 Å². The minimum absolute atomic E-state index is 0.0760. The number of nitrogens with one attached hydrogen (secondary N) is 2. The van der Waals surface area contributed by atoms with Crippen LogP contribution in [0.15, 0.2) is 23.1 Å². The van der Waals surface area contributed by atoms with Crippen molar-refractivity contribution in [1.29, 1.82) is 0 Å². The van der Waals surface area contributed by atoms with Gasteiger partial charge in [0, 0.05) is 4.90 Å². The Labute approximate surface area is 128 Å². The highest BCUT2D eigenvalue weighted by atomic mass is 32.2. The van der Waals surface area contributed by atoms with Gasteiger partial charge in [-0.05, 0) is 37.3 Å². The van der Waals surface area contributed by atoms with Gasteiger partial charge in [-0.2, -0.15) is 8.42 Å². The van der Waals surface area contributed by atoms with Gasteiger partial charge < -0.3 is 10.5 Å². The van der Waals surface area contributed by atoms with E-state index in [0.717, 1.165) is 17.1 Å². The summed E-state index contributed by atoms with van der Waals surface area (Å²) in [5.41, 5.74) is 6.22. The van der Waals surface area contributed by atoms with Gasteiger partial charge >= 0.3 is 16.3 Å². The van der Waals surface area contributed by atoms with Crippen LogP contribution in [-0.2, 0) is 14.9 Å². The number of hydrogen-bond acceptors (Lipinski definition) is 6. The molecule has 0 aliphatic rings. The lowest BCUT2D eigenvalue weighted by molar-refractivity contribution is 0.159. The summed E-state index contributed by atoms with van der Waals surface area (Å²) >= 11 is 1.59. The van der Waals surface area contributed by atoms with Crippen molar-refractivity contribution < 1.29 is 17.9 Å². The van der Waals surface area contributed by atoms with Crippen molar-refractivity contribution in [3.63, 3.8) is 0 Å². The van der Waals surface area contributed by atoms with Gasteiger partial charge in [0.05, 0.1) is 18.0 Å². The molecule has 0 aromatic heterocycles. The monoisotopic (exact) mass is 333 g/mol. The number of amides is 1. The van der Waals surface area contributed by atoms with Crippen LogP contribution in [-0.4, -0.2) is 26.9 Å². The second-order valence-electron chi connectivity index (χ2n) is 4.03. The number of anilines is 2. The molecule has 1 aromatic rings. The third kappa shape index (κ3) is 6.13. The van der Waals surface area contributed by atoms with E-state index >= 15 is 0 Å². The van der Waals surface area contributed by atoms with Gasteiger partial charge in [-0.3, -0.25) is 4.72 Å². The lowest BCUT2D eigenvalue weighted by Gasteiger charge is -2.12. The van der Waals surface area contributed by atoms with Crippen LogP contribution in [0, 0.1) is 0 Å². The number of thioether (sulfide) groups is 1. The summed E-state index contributed by atoms with van der Waals surface area (Å²) in [6, 6.07) is 5.05. The second kappa shape index (κ2) is 7.99. The molecule has 0 aliphatic heterocycles. The number of benzene rings is 1. The molecule has 0 bridgehead atoms. The summed E-state index contributed by atoms with van der Waals surface area (Å²) in [4.78, 5) is 12.0. The molecule has 0 saturated heterocycles. The fraction of sp³-hybridized carbons (Fsp3) is 0.417. The molecule has 0 heterocycles. The predicted molar refractivity (Wildman–Crippen MR) is 84.6 cm³/mol. The summed E-state index contributed by atoms with van der Waals surface area (Å²) < 4.78 is 32.0. The van der Waals surface area contributed by atoms with Crippen molar-refractivity contribution in [1.82, 2.24) is 4.72 Å². The first kappa shape index (κ1) is 17.4. The highest BCUT2D eigenvalue weighted by Gasteiger charge is 2.16. The Morgan fingerprint density at radius 1 is 1.38 bits per heavy atom. The molecule has 0 fully saturated rings. The average molecular weight is 333 g/mol. The molecular formula is C12H19N3O4S2.